The second kappa shape index (κ2) is 9.92. The third-order valence-electron chi connectivity index (χ3n) is 3.24. The molecule has 0 spiro atoms. The van der Waals surface area contributed by atoms with Crippen LogP contribution >= 0.6 is 11.8 Å². The van der Waals surface area contributed by atoms with Gasteiger partial charge in [0.25, 0.3) is 0 Å². The molecule has 0 radical (unpaired) electrons. The summed E-state index contributed by atoms with van der Waals surface area (Å²) in [4.78, 5) is 11.9. The molecule has 1 aromatic heterocycles. The SMILES string of the molecule is CCCCCSCc1c(O)cc(CCCCC)oc1=O. The maximum Gasteiger partial charge on any atom is 0.343 e. The van der Waals surface area contributed by atoms with E-state index in [2.05, 4.69) is 13.8 Å². The first kappa shape index (κ1) is 17.2. The first-order valence-electron chi connectivity index (χ1n) is 7.61. The normalized spacial score (nSPS) is 10.9. The fourth-order valence-electron chi connectivity index (χ4n) is 1.99. The van der Waals surface area contributed by atoms with Crippen molar-refractivity contribution in [1.29, 1.82) is 0 Å². The van der Waals surface area contributed by atoms with E-state index in [4.69, 9.17) is 4.42 Å². The molecule has 0 amide bonds. The predicted molar refractivity (Wildman–Crippen MR) is 85.6 cm³/mol. The Morgan fingerprint density at radius 3 is 2.50 bits per heavy atom. The fourth-order valence-corrected chi connectivity index (χ4v) is 3.01. The minimum absolute atomic E-state index is 0.0933. The van der Waals surface area contributed by atoms with E-state index >= 15 is 0 Å². The Balaban J connectivity index is 2.53. The topological polar surface area (TPSA) is 50.4 Å². The second-order valence-electron chi connectivity index (χ2n) is 5.08. The molecule has 0 aliphatic carbocycles. The average Bonchev–Trinajstić information content (AvgIpc) is 2.41. The van der Waals surface area contributed by atoms with Crippen LogP contribution in [-0.4, -0.2) is 10.9 Å². The summed E-state index contributed by atoms with van der Waals surface area (Å²) in [6.07, 6.45) is 7.51. The quantitative estimate of drug-likeness (QED) is 0.646. The summed E-state index contributed by atoms with van der Waals surface area (Å²) in [6, 6.07) is 1.61. The van der Waals surface area contributed by atoms with Gasteiger partial charge in [0.2, 0.25) is 0 Å². The lowest BCUT2D eigenvalue weighted by Gasteiger charge is -2.05. The molecule has 0 bridgehead atoms. The molecule has 0 saturated carbocycles. The Labute approximate surface area is 125 Å². The lowest BCUT2D eigenvalue weighted by molar-refractivity contribution is 0.412. The molecule has 0 aromatic carbocycles. The second-order valence-corrected chi connectivity index (χ2v) is 6.19. The first-order valence-corrected chi connectivity index (χ1v) is 8.77. The molecule has 0 aliphatic heterocycles. The van der Waals surface area contributed by atoms with Crippen LogP contribution in [0.1, 0.15) is 63.7 Å². The molecule has 20 heavy (non-hydrogen) atoms. The predicted octanol–water partition coefficient (Wildman–Crippen LogP) is 4.50. The van der Waals surface area contributed by atoms with Crippen molar-refractivity contribution in [2.45, 2.75) is 64.5 Å². The molecule has 1 heterocycles. The average molecular weight is 298 g/mol. The van der Waals surface area contributed by atoms with Crippen molar-refractivity contribution in [2.24, 2.45) is 0 Å². The van der Waals surface area contributed by atoms with Gasteiger partial charge in [-0.3, -0.25) is 0 Å². The van der Waals surface area contributed by atoms with Crippen molar-refractivity contribution in [3.8, 4) is 5.75 Å². The van der Waals surface area contributed by atoms with Crippen LogP contribution < -0.4 is 5.63 Å². The third-order valence-corrected chi connectivity index (χ3v) is 4.31. The summed E-state index contributed by atoms with van der Waals surface area (Å²) in [6.45, 7) is 4.30. The Kier molecular flexibility index (Phi) is 8.51. The summed E-state index contributed by atoms with van der Waals surface area (Å²) in [5.41, 5.74) is 0.0326. The summed E-state index contributed by atoms with van der Waals surface area (Å²) in [5.74, 6) is 2.24. The minimum atomic E-state index is -0.375. The number of aryl methyl sites for hydroxylation is 1. The summed E-state index contributed by atoms with van der Waals surface area (Å²) in [7, 11) is 0. The number of hydrogen-bond acceptors (Lipinski definition) is 4. The van der Waals surface area contributed by atoms with Gasteiger partial charge in [-0.15, -0.1) is 0 Å². The zero-order valence-electron chi connectivity index (χ0n) is 12.6. The van der Waals surface area contributed by atoms with Crippen LogP contribution in [0.5, 0.6) is 5.75 Å². The highest BCUT2D eigenvalue weighted by Gasteiger charge is 2.11. The van der Waals surface area contributed by atoms with Gasteiger partial charge >= 0.3 is 5.63 Å². The van der Waals surface area contributed by atoms with E-state index in [1.165, 1.54) is 12.8 Å². The molecular formula is C16H26O3S. The first-order chi connectivity index (χ1) is 9.69. The number of hydrogen-bond donors (Lipinski definition) is 1. The lowest BCUT2D eigenvalue weighted by Crippen LogP contribution is -2.08. The molecule has 0 unspecified atom stereocenters. The molecule has 1 aromatic rings. The van der Waals surface area contributed by atoms with Crippen molar-refractivity contribution in [3.63, 3.8) is 0 Å². The molecule has 1 rings (SSSR count). The summed E-state index contributed by atoms with van der Waals surface area (Å²) in [5, 5.41) is 9.96. The fraction of sp³-hybridized carbons (Fsp3) is 0.688. The number of unbranched alkanes of at least 4 members (excludes halogenated alkanes) is 4. The monoisotopic (exact) mass is 298 g/mol. The van der Waals surface area contributed by atoms with E-state index < -0.39 is 0 Å². The zero-order valence-corrected chi connectivity index (χ0v) is 13.4. The Morgan fingerprint density at radius 2 is 1.85 bits per heavy atom. The van der Waals surface area contributed by atoms with E-state index in [-0.39, 0.29) is 11.4 Å². The molecule has 0 atom stereocenters. The van der Waals surface area contributed by atoms with E-state index in [9.17, 15) is 9.90 Å². The van der Waals surface area contributed by atoms with Crippen LogP contribution in [0.2, 0.25) is 0 Å². The Morgan fingerprint density at radius 1 is 1.15 bits per heavy atom. The maximum atomic E-state index is 11.9. The molecular weight excluding hydrogens is 272 g/mol. The van der Waals surface area contributed by atoms with Crippen LogP contribution in [0.4, 0.5) is 0 Å². The highest BCUT2D eigenvalue weighted by molar-refractivity contribution is 7.98. The van der Waals surface area contributed by atoms with Crippen molar-refractivity contribution < 1.29 is 9.52 Å². The standard InChI is InChI=1S/C16H26O3S/c1-3-5-7-9-13-11-15(17)14(16(18)19-13)12-20-10-8-6-4-2/h11,17H,3-10,12H2,1-2H3. The highest BCUT2D eigenvalue weighted by atomic mass is 32.2. The minimum Gasteiger partial charge on any atom is -0.507 e. The zero-order chi connectivity index (χ0) is 14.8. The number of aromatic hydroxyl groups is 1. The van der Waals surface area contributed by atoms with Crippen molar-refractivity contribution in [2.75, 3.05) is 5.75 Å². The Bertz CT molecular complexity index is 440. The van der Waals surface area contributed by atoms with Gasteiger partial charge in [0.15, 0.2) is 0 Å². The van der Waals surface area contributed by atoms with E-state index in [0.29, 0.717) is 17.1 Å². The van der Waals surface area contributed by atoms with Gasteiger partial charge < -0.3 is 9.52 Å². The Hall–Kier alpha value is -0.900. The van der Waals surface area contributed by atoms with Gasteiger partial charge in [-0.2, -0.15) is 11.8 Å². The van der Waals surface area contributed by atoms with Crippen molar-refractivity contribution in [1.82, 2.24) is 0 Å². The van der Waals surface area contributed by atoms with Crippen molar-refractivity contribution in [3.05, 3.63) is 27.8 Å². The van der Waals surface area contributed by atoms with Crippen LogP contribution in [0.3, 0.4) is 0 Å². The van der Waals surface area contributed by atoms with Crippen LogP contribution in [0, 0.1) is 0 Å². The molecule has 3 nitrogen and oxygen atoms in total. The summed E-state index contributed by atoms with van der Waals surface area (Å²) < 4.78 is 5.29. The number of rotatable bonds is 10. The van der Waals surface area contributed by atoms with Crippen LogP contribution in [-0.2, 0) is 12.2 Å². The highest BCUT2D eigenvalue weighted by Crippen LogP contribution is 2.22. The van der Waals surface area contributed by atoms with Crippen LogP contribution in [0.25, 0.3) is 0 Å². The lowest BCUT2D eigenvalue weighted by atomic mass is 10.1. The molecule has 0 fully saturated rings. The van der Waals surface area contributed by atoms with Gasteiger partial charge in [-0.05, 0) is 18.6 Å². The molecule has 114 valence electrons. The summed E-state index contributed by atoms with van der Waals surface area (Å²) >= 11 is 1.68. The van der Waals surface area contributed by atoms with Gasteiger partial charge in [-0.25, -0.2) is 4.79 Å². The largest absolute Gasteiger partial charge is 0.507 e. The van der Waals surface area contributed by atoms with Gasteiger partial charge in [0.05, 0.1) is 5.56 Å². The smallest absolute Gasteiger partial charge is 0.343 e. The molecule has 0 saturated heterocycles. The molecule has 4 heteroatoms. The number of thioether (sulfide) groups is 1. The van der Waals surface area contributed by atoms with E-state index in [0.717, 1.165) is 37.9 Å². The van der Waals surface area contributed by atoms with Crippen LogP contribution in [0.15, 0.2) is 15.3 Å². The molecule has 1 N–H and O–H groups in total. The van der Waals surface area contributed by atoms with Gasteiger partial charge in [-0.1, -0.05) is 39.5 Å². The van der Waals surface area contributed by atoms with E-state index in [1.807, 2.05) is 0 Å². The third kappa shape index (κ3) is 6.04. The van der Waals surface area contributed by atoms with Gasteiger partial charge in [0, 0.05) is 18.2 Å². The van der Waals surface area contributed by atoms with Crippen molar-refractivity contribution >= 4 is 11.8 Å². The van der Waals surface area contributed by atoms with E-state index in [1.54, 1.807) is 17.8 Å². The molecule has 0 aliphatic rings. The van der Waals surface area contributed by atoms with Gasteiger partial charge in [0.1, 0.15) is 11.5 Å². The maximum absolute atomic E-state index is 11.9.